The first-order valence-electron chi connectivity index (χ1n) is 8.16. The molecule has 0 atom stereocenters. The SMILES string of the molecule is Cc1cc(Br)c2c(c1)C(c1ccccc1)=NNC(c1ccc(Cl)cc1)=N2. The lowest BCUT2D eigenvalue weighted by Crippen LogP contribution is -2.19. The number of hydrogen-bond acceptors (Lipinski definition) is 3. The molecule has 0 saturated heterocycles. The van der Waals surface area contributed by atoms with E-state index in [-0.39, 0.29) is 0 Å². The second-order valence-corrected chi connectivity index (χ2v) is 7.34. The molecule has 0 radical (unpaired) electrons. The summed E-state index contributed by atoms with van der Waals surface area (Å²) in [7, 11) is 0. The molecule has 3 aromatic rings. The van der Waals surface area contributed by atoms with Crippen molar-refractivity contribution in [3.8, 4) is 0 Å². The monoisotopic (exact) mass is 423 g/mol. The molecule has 26 heavy (non-hydrogen) atoms. The third kappa shape index (κ3) is 3.30. The normalized spacial score (nSPS) is 13.2. The molecule has 0 aliphatic carbocycles. The van der Waals surface area contributed by atoms with Gasteiger partial charge in [-0.25, -0.2) is 4.99 Å². The number of benzene rings is 3. The zero-order valence-corrected chi connectivity index (χ0v) is 16.3. The van der Waals surface area contributed by atoms with Crippen molar-refractivity contribution in [1.82, 2.24) is 5.43 Å². The molecule has 0 unspecified atom stereocenters. The van der Waals surface area contributed by atoms with Gasteiger partial charge in [-0.1, -0.05) is 41.9 Å². The minimum Gasteiger partial charge on any atom is -0.260 e. The fraction of sp³-hybridized carbons (Fsp3) is 0.0476. The number of fused-ring (bicyclic) bond motifs is 1. The molecule has 1 aliphatic heterocycles. The van der Waals surface area contributed by atoms with Gasteiger partial charge in [0.15, 0.2) is 5.84 Å². The summed E-state index contributed by atoms with van der Waals surface area (Å²) in [5.74, 6) is 0.679. The maximum absolute atomic E-state index is 6.01. The highest BCUT2D eigenvalue weighted by Gasteiger charge is 2.19. The molecule has 0 aromatic heterocycles. The van der Waals surface area contributed by atoms with Crippen molar-refractivity contribution in [2.75, 3.05) is 0 Å². The predicted octanol–water partition coefficient (Wildman–Crippen LogP) is 5.84. The van der Waals surface area contributed by atoms with E-state index in [1.165, 1.54) is 0 Å². The summed E-state index contributed by atoms with van der Waals surface area (Å²) in [6, 6.07) is 21.8. The van der Waals surface area contributed by atoms with Crippen molar-refractivity contribution in [2.45, 2.75) is 6.92 Å². The second kappa shape index (κ2) is 7.06. The van der Waals surface area contributed by atoms with Crippen LogP contribution < -0.4 is 5.43 Å². The van der Waals surface area contributed by atoms with Crippen LogP contribution in [-0.2, 0) is 0 Å². The minimum atomic E-state index is 0.679. The number of rotatable bonds is 2. The second-order valence-electron chi connectivity index (χ2n) is 6.05. The zero-order chi connectivity index (χ0) is 18.1. The highest BCUT2D eigenvalue weighted by atomic mass is 79.9. The predicted molar refractivity (Wildman–Crippen MR) is 112 cm³/mol. The Bertz CT molecular complexity index is 1030. The largest absolute Gasteiger partial charge is 0.260 e. The van der Waals surface area contributed by atoms with Crippen LogP contribution in [0.1, 0.15) is 22.3 Å². The van der Waals surface area contributed by atoms with E-state index in [2.05, 4.69) is 45.5 Å². The summed E-state index contributed by atoms with van der Waals surface area (Å²) >= 11 is 9.68. The Labute approximate surface area is 165 Å². The van der Waals surface area contributed by atoms with E-state index in [1.54, 1.807) is 0 Å². The van der Waals surface area contributed by atoms with Gasteiger partial charge in [-0.05, 0) is 64.8 Å². The lowest BCUT2D eigenvalue weighted by Gasteiger charge is -2.10. The molecule has 0 bridgehead atoms. The third-order valence-corrected chi connectivity index (χ3v) is 4.98. The van der Waals surface area contributed by atoms with Gasteiger partial charge in [0.25, 0.3) is 0 Å². The van der Waals surface area contributed by atoms with Gasteiger partial charge in [0.1, 0.15) is 5.71 Å². The van der Waals surface area contributed by atoms with Crippen molar-refractivity contribution < 1.29 is 0 Å². The van der Waals surface area contributed by atoms with Crippen LogP contribution >= 0.6 is 27.5 Å². The van der Waals surface area contributed by atoms with Crippen LogP contribution in [0.4, 0.5) is 5.69 Å². The minimum absolute atomic E-state index is 0.679. The van der Waals surface area contributed by atoms with Gasteiger partial charge in [-0.15, -0.1) is 0 Å². The Morgan fingerprint density at radius 2 is 1.65 bits per heavy atom. The van der Waals surface area contributed by atoms with Gasteiger partial charge in [0.05, 0.1) is 5.69 Å². The molecule has 0 spiro atoms. The fourth-order valence-electron chi connectivity index (χ4n) is 2.89. The molecule has 0 amide bonds. The van der Waals surface area contributed by atoms with Crippen LogP contribution in [0.15, 0.2) is 81.3 Å². The number of halogens is 2. The topological polar surface area (TPSA) is 36.8 Å². The van der Waals surface area contributed by atoms with Crippen LogP contribution in [0.3, 0.4) is 0 Å². The quantitative estimate of drug-likeness (QED) is 0.551. The molecule has 1 N–H and O–H groups in total. The summed E-state index contributed by atoms with van der Waals surface area (Å²) in [5, 5.41) is 5.37. The lowest BCUT2D eigenvalue weighted by molar-refractivity contribution is 1.03. The first kappa shape index (κ1) is 17.0. The highest BCUT2D eigenvalue weighted by Crippen LogP contribution is 2.34. The summed E-state index contributed by atoms with van der Waals surface area (Å²) < 4.78 is 0.936. The highest BCUT2D eigenvalue weighted by molar-refractivity contribution is 9.10. The fourth-order valence-corrected chi connectivity index (χ4v) is 3.68. The molecule has 5 heteroatoms. The molecule has 0 fully saturated rings. The first-order chi connectivity index (χ1) is 12.6. The molecule has 1 heterocycles. The smallest absolute Gasteiger partial charge is 0.154 e. The zero-order valence-electron chi connectivity index (χ0n) is 14.0. The van der Waals surface area contributed by atoms with Gasteiger partial charge in [0, 0.05) is 26.2 Å². The Balaban J connectivity index is 1.92. The van der Waals surface area contributed by atoms with Gasteiger partial charge < -0.3 is 0 Å². The number of amidine groups is 1. The van der Waals surface area contributed by atoms with E-state index < -0.39 is 0 Å². The van der Waals surface area contributed by atoms with Gasteiger partial charge in [0.2, 0.25) is 0 Å². The average Bonchev–Trinajstić information content (AvgIpc) is 2.83. The first-order valence-corrected chi connectivity index (χ1v) is 9.33. The number of aryl methyl sites for hydroxylation is 1. The van der Waals surface area contributed by atoms with Crippen molar-refractivity contribution >= 4 is 44.8 Å². The van der Waals surface area contributed by atoms with E-state index >= 15 is 0 Å². The van der Waals surface area contributed by atoms with E-state index in [4.69, 9.17) is 16.6 Å². The van der Waals surface area contributed by atoms with Crippen molar-refractivity contribution in [3.05, 3.63) is 98.5 Å². The van der Waals surface area contributed by atoms with Crippen molar-refractivity contribution in [2.24, 2.45) is 10.1 Å². The summed E-state index contributed by atoms with van der Waals surface area (Å²) in [4.78, 5) is 4.86. The van der Waals surface area contributed by atoms with Crippen LogP contribution in [-0.4, -0.2) is 11.5 Å². The van der Waals surface area contributed by atoms with Crippen LogP contribution in [0.25, 0.3) is 0 Å². The van der Waals surface area contributed by atoms with E-state index in [1.807, 2.05) is 54.6 Å². The molecule has 128 valence electrons. The molecular formula is C21H15BrClN3. The Morgan fingerprint density at radius 3 is 2.38 bits per heavy atom. The molecule has 3 nitrogen and oxygen atoms in total. The van der Waals surface area contributed by atoms with E-state index in [0.29, 0.717) is 10.9 Å². The molecule has 3 aromatic carbocycles. The number of hydrogen-bond donors (Lipinski definition) is 1. The standard InChI is InChI=1S/C21H15BrClN3/c1-13-11-17-19(14-5-3-2-4-6-14)25-26-21(24-20(17)18(22)12-13)15-7-9-16(23)10-8-15/h2-12H,1H3,(H,24,26). The number of hydrazone groups is 1. The van der Waals surface area contributed by atoms with E-state index in [0.717, 1.165) is 38.1 Å². The molecule has 4 rings (SSSR count). The van der Waals surface area contributed by atoms with Crippen molar-refractivity contribution in [1.29, 1.82) is 0 Å². The Morgan fingerprint density at radius 1 is 0.923 bits per heavy atom. The van der Waals surface area contributed by atoms with Gasteiger partial charge in [-0.2, -0.15) is 5.10 Å². The maximum Gasteiger partial charge on any atom is 0.154 e. The Hall–Kier alpha value is -2.43. The van der Waals surface area contributed by atoms with Crippen LogP contribution in [0.5, 0.6) is 0 Å². The van der Waals surface area contributed by atoms with Crippen LogP contribution in [0.2, 0.25) is 5.02 Å². The van der Waals surface area contributed by atoms with Gasteiger partial charge in [-0.3, -0.25) is 5.43 Å². The summed E-state index contributed by atoms with van der Waals surface area (Å²) in [6.45, 7) is 2.07. The van der Waals surface area contributed by atoms with E-state index in [9.17, 15) is 0 Å². The summed E-state index contributed by atoms with van der Waals surface area (Å²) in [5.41, 5.74) is 8.93. The number of nitrogens with zero attached hydrogens (tertiary/aromatic N) is 2. The third-order valence-electron chi connectivity index (χ3n) is 4.12. The molecular weight excluding hydrogens is 410 g/mol. The van der Waals surface area contributed by atoms with Crippen molar-refractivity contribution in [3.63, 3.8) is 0 Å². The average molecular weight is 425 g/mol. The molecule has 1 aliphatic rings. The number of nitrogens with one attached hydrogen (secondary N) is 1. The number of aliphatic imine (C=N–C) groups is 1. The lowest BCUT2D eigenvalue weighted by atomic mass is 9.99. The maximum atomic E-state index is 6.01. The summed E-state index contributed by atoms with van der Waals surface area (Å²) in [6.07, 6.45) is 0. The Kier molecular flexibility index (Phi) is 4.62. The van der Waals surface area contributed by atoms with Gasteiger partial charge >= 0.3 is 0 Å². The van der Waals surface area contributed by atoms with Crippen LogP contribution in [0, 0.1) is 6.92 Å². The molecule has 0 saturated carbocycles.